The van der Waals surface area contributed by atoms with E-state index in [2.05, 4.69) is 30.8 Å². The van der Waals surface area contributed by atoms with Gasteiger partial charge in [-0.2, -0.15) is 0 Å². The van der Waals surface area contributed by atoms with Crippen LogP contribution in [0.2, 0.25) is 5.02 Å². The lowest BCUT2D eigenvalue weighted by molar-refractivity contribution is 0.252. The van der Waals surface area contributed by atoms with Crippen molar-refractivity contribution in [3.63, 3.8) is 0 Å². The van der Waals surface area contributed by atoms with Gasteiger partial charge < -0.3 is 20.9 Å². The largest absolute Gasteiger partial charge is 0.368 e. The molecule has 144 valence electrons. The van der Waals surface area contributed by atoms with Gasteiger partial charge in [0.05, 0.1) is 10.7 Å². The summed E-state index contributed by atoms with van der Waals surface area (Å²) in [5.41, 5.74) is 0.585. The fourth-order valence-electron chi connectivity index (χ4n) is 3.02. The first-order valence-electron chi connectivity index (χ1n) is 9.26. The van der Waals surface area contributed by atoms with Crippen LogP contribution in [0.25, 0.3) is 0 Å². The van der Waals surface area contributed by atoms with Gasteiger partial charge in [-0.3, -0.25) is 0 Å². The third-order valence-electron chi connectivity index (χ3n) is 4.34. The van der Waals surface area contributed by atoms with Crippen molar-refractivity contribution in [1.82, 2.24) is 15.3 Å². The zero-order chi connectivity index (χ0) is 19.1. The van der Waals surface area contributed by atoms with Crippen LogP contribution in [-0.4, -0.2) is 42.2 Å². The van der Waals surface area contributed by atoms with Crippen molar-refractivity contribution in [1.29, 1.82) is 0 Å². The second-order valence-corrected chi connectivity index (χ2v) is 6.90. The van der Waals surface area contributed by atoms with Crippen molar-refractivity contribution in [2.45, 2.75) is 26.2 Å². The summed E-state index contributed by atoms with van der Waals surface area (Å²) in [6, 6.07) is 8.81. The highest BCUT2D eigenvalue weighted by Gasteiger charge is 2.13. The number of anilines is 3. The Balaban J connectivity index is 1.46. The van der Waals surface area contributed by atoms with Crippen LogP contribution < -0.4 is 20.9 Å². The molecule has 0 radical (unpaired) electrons. The van der Waals surface area contributed by atoms with Gasteiger partial charge in [0, 0.05) is 32.2 Å². The highest BCUT2D eigenvalue weighted by atomic mass is 35.5. The van der Waals surface area contributed by atoms with Crippen molar-refractivity contribution < 1.29 is 4.79 Å². The fraction of sp³-hybridized carbons (Fsp3) is 0.421. The maximum Gasteiger partial charge on any atom is 0.319 e. The van der Waals surface area contributed by atoms with Gasteiger partial charge in [-0.25, -0.2) is 14.8 Å². The van der Waals surface area contributed by atoms with Crippen LogP contribution in [0.15, 0.2) is 30.3 Å². The van der Waals surface area contributed by atoms with Gasteiger partial charge in [-0.15, -0.1) is 0 Å². The van der Waals surface area contributed by atoms with Crippen LogP contribution in [0.5, 0.6) is 0 Å². The molecule has 0 aliphatic carbocycles. The van der Waals surface area contributed by atoms with Crippen LogP contribution in [0.1, 0.15) is 25.1 Å². The van der Waals surface area contributed by atoms with E-state index in [4.69, 9.17) is 11.6 Å². The number of hydrogen-bond donors (Lipinski definition) is 3. The highest BCUT2D eigenvalue weighted by Crippen LogP contribution is 2.21. The van der Waals surface area contributed by atoms with Crippen molar-refractivity contribution in [2.75, 3.05) is 41.7 Å². The van der Waals surface area contributed by atoms with E-state index in [0.29, 0.717) is 23.8 Å². The number of aromatic nitrogens is 2. The summed E-state index contributed by atoms with van der Waals surface area (Å²) in [6.07, 6.45) is 3.69. The first kappa shape index (κ1) is 19.2. The molecular weight excluding hydrogens is 364 g/mol. The van der Waals surface area contributed by atoms with Crippen LogP contribution >= 0.6 is 11.6 Å². The minimum Gasteiger partial charge on any atom is -0.368 e. The molecule has 1 aliphatic heterocycles. The van der Waals surface area contributed by atoms with E-state index in [1.54, 1.807) is 12.1 Å². The molecular formula is C19H25ClN6O. The Morgan fingerprint density at radius 2 is 1.93 bits per heavy atom. The average Bonchev–Trinajstić information content (AvgIpc) is 2.67. The van der Waals surface area contributed by atoms with Crippen molar-refractivity contribution in [2.24, 2.45) is 0 Å². The summed E-state index contributed by atoms with van der Waals surface area (Å²) < 4.78 is 0. The summed E-state index contributed by atoms with van der Waals surface area (Å²) in [6.45, 7) is 5.00. The lowest BCUT2D eigenvalue weighted by Crippen LogP contribution is -2.33. The number of para-hydroxylation sites is 1. The van der Waals surface area contributed by atoms with E-state index in [1.807, 2.05) is 25.1 Å². The minimum atomic E-state index is -0.294. The number of nitrogens with zero attached hydrogens (tertiary/aromatic N) is 3. The maximum atomic E-state index is 11.9. The Morgan fingerprint density at radius 1 is 1.15 bits per heavy atom. The minimum absolute atomic E-state index is 0.294. The van der Waals surface area contributed by atoms with Crippen molar-refractivity contribution in [3.05, 3.63) is 41.2 Å². The molecule has 0 spiro atoms. The monoisotopic (exact) mass is 388 g/mol. The van der Waals surface area contributed by atoms with E-state index >= 15 is 0 Å². The highest BCUT2D eigenvalue weighted by molar-refractivity contribution is 6.33. The molecule has 0 unspecified atom stereocenters. The number of carbonyl (C=O) groups excluding carboxylic acids is 1. The third-order valence-corrected chi connectivity index (χ3v) is 4.67. The van der Waals surface area contributed by atoms with E-state index in [9.17, 15) is 4.79 Å². The molecule has 3 N–H and O–H groups in total. The Morgan fingerprint density at radius 3 is 2.70 bits per heavy atom. The van der Waals surface area contributed by atoms with Crippen LogP contribution in [0.3, 0.4) is 0 Å². The van der Waals surface area contributed by atoms with Gasteiger partial charge in [0.2, 0.25) is 0 Å². The van der Waals surface area contributed by atoms with Crippen molar-refractivity contribution >= 4 is 35.0 Å². The normalized spacial score (nSPS) is 13.9. The van der Waals surface area contributed by atoms with Gasteiger partial charge in [-0.1, -0.05) is 23.7 Å². The fourth-order valence-corrected chi connectivity index (χ4v) is 3.21. The zero-order valence-electron chi connectivity index (χ0n) is 15.5. The Labute approximate surface area is 164 Å². The Bertz CT molecular complexity index is 779. The van der Waals surface area contributed by atoms with Crippen LogP contribution in [0.4, 0.5) is 22.1 Å². The smallest absolute Gasteiger partial charge is 0.319 e. The molecule has 0 atom stereocenters. The van der Waals surface area contributed by atoms with Crippen molar-refractivity contribution in [3.8, 4) is 0 Å². The van der Waals surface area contributed by atoms with E-state index < -0.39 is 0 Å². The summed E-state index contributed by atoms with van der Waals surface area (Å²) in [5.74, 6) is 2.48. The van der Waals surface area contributed by atoms with Crippen LogP contribution in [-0.2, 0) is 0 Å². The number of hydrogen-bond acceptors (Lipinski definition) is 5. The predicted octanol–water partition coefficient (Wildman–Crippen LogP) is 3.66. The summed E-state index contributed by atoms with van der Waals surface area (Å²) in [4.78, 5) is 23.2. The molecule has 0 saturated carbocycles. The van der Waals surface area contributed by atoms with Gasteiger partial charge in [-0.05, 0) is 38.3 Å². The standard InChI is InChI=1S/C19H25ClN6O/c1-14-23-17(13-18(24-14)26-11-5-2-6-12-26)21-9-10-22-19(27)25-16-8-4-3-7-15(16)20/h3-4,7-8,13H,2,5-6,9-12H2,1H3,(H,21,23,24)(H2,22,25,27). The molecule has 1 fully saturated rings. The number of halogens is 1. The maximum absolute atomic E-state index is 11.9. The predicted molar refractivity (Wildman–Crippen MR) is 110 cm³/mol. The lowest BCUT2D eigenvalue weighted by atomic mass is 10.1. The molecule has 3 rings (SSSR count). The molecule has 1 aromatic heterocycles. The van der Waals surface area contributed by atoms with Gasteiger partial charge in [0.15, 0.2) is 0 Å². The number of benzene rings is 1. The molecule has 2 amide bonds. The number of rotatable bonds is 6. The quantitative estimate of drug-likeness (QED) is 0.658. The summed E-state index contributed by atoms with van der Waals surface area (Å²) >= 11 is 6.03. The Kier molecular flexibility index (Phi) is 6.70. The number of nitrogens with one attached hydrogen (secondary N) is 3. The average molecular weight is 389 g/mol. The van der Waals surface area contributed by atoms with Gasteiger partial charge in [0.1, 0.15) is 17.5 Å². The number of amides is 2. The number of aryl methyl sites for hydroxylation is 1. The summed E-state index contributed by atoms with van der Waals surface area (Å²) in [7, 11) is 0. The molecule has 1 aromatic carbocycles. The molecule has 2 aromatic rings. The zero-order valence-corrected chi connectivity index (χ0v) is 16.2. The molecule has 1 saturated heterocycles. The molecule has 8 heteroatoms. The topological polar surface area (TPSA) is 82.2 Å². The SMILES string of the molecule is Cc1nc(NCCNC(=O)Nc2ccccc2Cl)cc(N2CCCCC2)n1. The molecule has 7 nitrogen and oxygen atoms in total. The molecule has 2 heterocycles. The number of piperidine rings is 1. The van der Waals surface area contributed by atoms with Gasteiger partial charge >= 0.3 is 6.03 Å². The van der Waals surface area contributed by atoms with E-state index in [0.717, 1.165) is 30.5 Å². The molecule has 0 bridgehead atoms. The second kappa shape index (κ2) is 9.41. The Hall–Kier alpha value is -2.54. The lowest BCUT2D eigenvalue weighted by Gasteiger charge is -2.28. The number of carbonyl (C=O) groups is 1. The van der Waals surface area contributed by atoms with E-state index in [1.165, 1.54) is 19.3 Å². The first-order valence-corrected chi connectivity index (χ1v) is 9.63. The first-order chi connectivity index (χ1) is 13.1. The summed E-state index contributed by atoms with van der Waals surface area (Å²) in [5, 5.41) is 9.28. The molecule has 1 aliphatic rings. The third kappa shape index (κ3) is 5.72. The van der Waals surface area contributed by atoms with Crippen LogP contribution in [0, 0.1) is 6.92 Å². The molecule has 27 heavy (non-hydrogen) atoms. The second-order valence-electron chi connectivity index (χ2n) is 6.49. The number of urea groups is 1. The van der Waals surface area contributed by atoms with E-state index in [-0.39, 0.29) is 6.03 Å². The van der Waals surface area contributed by atoms with Gasteiger partial charge in [0.25, 0.3) is 0 Å².